The number of nitrogens with zero attached hydrogens (tertiary/aromatic N) is 1. The summed E-state index contributed by atoms with van der Waals surface area (Å²) >= 11 is 1.66. The van der Waals surface area contributed by atoms with Crippen molar-refractivity contribution in [1.82, 2.24) is 4.98 Å². The molecule has 1 fully saturated rings. The molecule has 0 bridgehead atoms. The quantitative estimate of drug-likeness (QED) is 0.913. The molecule has 0 spiro atoms. The zero-order valence-electron chi connectivity index (χ0n) is 10.3. The molecule has 94 valence electrons. The van der Waals surface area contributed by atoms with E-state index in [2.05, 4.69) is 28.5 Å². The minimum Gasteiger partial charge on any atom is -0.497 e. The lowest BCUT2D eigenvalue weighted by molar-refractivity contribution is 0.370. The van der Waals surface area contributed by atoms with Gasteiger partial charge in [-0.05, 0) is 36.5 Å². The van der Waals surface area contributed by atoms with Gasteiger partial charge >= 0.3 is 0 Å². The summed E-state index contributed by atoms with van der Waals surface area (Å²) in [4.78, 5) is 4.25. The lowest BCUT2D eigenvalue weighted by Crippen LogP contribution is -2.33. The summed E-state index contributed by atoms with van der Waals surface area (Å²) in [6.07, 6.45) is 4.19. The summed E-state index contributed by atoms with van der Waals surface area (Å²) in [5, 5.41) is 6.49. The third-order valence-electron chi connectivity index (χ3n) is 3.46. The van der Waals surface area contributed by atoms with E-state index in [4.69, 9.17) is 4.74 Å². The molecule has 3 rings (SSSR count). The standard InChI is InChI=1S/C14H16N2OS/c1-17-13-4-2-3-10(9-13)11-7-12(8-11)16-14-15-5-6-18-14/h2-6,9,11-12H,7-8H2,1H3,(H,15,16). The summed E-state index contributed by atoms with van der Waals surface area (Å²) in [6.45, 7) is 0. The molecule has 0 radical (unpaired) electrons. The highest BCUT2D eigenvalue weighted by atomic mass is 32.1. The molecule has 4 heteroatoms. The number of aromatic nitrogens is 1. The largest absolute Gasteiger partial charge is 0.497 e. The van der Waals surface area contributed by atoms with Crippen LogP contribution in [-0.2, 0) is 0 Å². The lowest BCUT2D eigenvalue weighted by Gasteiger charge is -2.36. The molecule has 1 N–H and O–H groups in total. The Morgan fingerprint density at radius 2 is 2.28 bits per heavy atom. The third kappa shape index (κ3) is 2.34. The molecule has 0 aliphatic heterocycles. The van der Waals surface area contributed by atoms with E-state index < -0.39 is 0 Å². The van der Waals surface area contributed by atoms with Gasteiger partial charge in [-0.2, -0.15) is 0 Å². The molecule has 0 saturated heterocycles. The number of methoxy groups -OCH3 is 1. The lowest BCUT2D eigenvalue weighted by atomic mass is 9.76. The predicted molar refractivity (Wildman–Crippen MR) is 74.5 cm³/mol. The number of ether oxygens (including phenoxy) is 1. The van der Waals surface area contributed by atoms with Crippen molar-refractivity contribution in [3.63, 3.8) is 0 Å². The summed E-state index contributed by atoms with van der Waals surface area (Å²) in [5.74, 6) is 1.60. The maximum absolute atomic E-state index is 5.26. The van der Waals surface area contributed by atoms with Gasteiger partial charge in [0, 0.05) is 17.6 Å². The van der Waals surface area contributed by atoms with Crippen molar-refractivity contribution in [2.45, 2.75) is 24.8 Å². The van der Waals surface area contributed by atoms with Crippen LogP contribution in [0.2, 0.25) is 0 Å². The van der Waals surface area contributed by atoms with Crippen molar-refractivity contribution >= 4 is 16.5 Å². The van der Waals surface area contributed by atoms with Gasteiger partial charge in [-0.3, -0.25) is 0 Å². The van der Waals surface area contributed by atoms with Crippen LogP contribution < -0.4 is 10.1 Å². The first-order valence-electron chi connectivity index (χ1n) is 6.15. The van der Waals surface area contributed by atoms with Crippen LogP contribution in [-0.4, -0.2) is 18.1 Å². The minimum absolute atomic E-state index is 0.562. The third-order valence-corrected chi connectivity index (χ3v) is 4.17. The van der Waals surface area contributed by atoms with Crippen LogP contribution in [0.25, 0.3) is 0 Å². The fourth-order valence-corrected chi connectivity index (χ4v) is 2.98. The average Bonchev–Trinajstić information content (AvgIpc) is 2.86. The Kier molecular flexibility index (Phi) is 3.19. The van der Waals surface area contributed by atoms with Crippen LogP contribution in [0.3, 0.4) is 0 Å². The summed E-state index contributed by atoms with van der Waals surface area (Å²) in [5.41, 5.74) is 1.38. The molecule has 3 nitrogen and oxygen atoms in total. The smallest absolute Gasteiger partial charge is 0.182 e. The maximum Gasteiger partial charge on any atom is 0.182 e. The van der Waals surface area contributed by atoms with Crippen molar-refractivity contribution in [3.8, 4) is 5.75 Å². The van der Waals surface area contributed by atoms with E-state index in [1.807, 2.05) is 17.6 Å². The van der Waals surface area contributed by atoms with E-state index in [9.17, 15) is 0 Å². The Balaban J connectivity index is 1.58. The molecular formula is C14H16N2OS. The van der Waals surface area contributed by atoms with E-state index in [-0.39, 0.29) is 0 Å². The highest BCUT2D eigenvalue weighted by Gasteiger charge is 2.30. The van der Waals surface area contributed by atoms with Crippen molar-refractivity contribution in [2.75, 3.05) is 12.4 Å². The van der Waals surface area contributed by atoms with Gasteiger partial charge in [-0.15, -0.1) is 11.3 Å². The number of anilines is 1. The Morgan fingerprint density at radius 1 is 1.39 bits per heavy atom. The van der Waals surface area contributed by atoms with E-state index in [0.717, 1.165) is 10.9 Å². The fourth-order valence-electron chi connectivity index (χ4n) is 2.37. The first-order valence-corrected chi connectivity index (χ1v) is 7.03. The van der Waals surface area contributed by atoms with Crippen molar-refractivity contribution in [1.29, 1.82) is 0 Å². The molecule has 0 unspecified atom stereocenters. The minimum atomic E-state index is 0.562. The number of thiazole rings is 1. The van der Waals surface area contributed by atoms with Gasteiger partial charge in [-0.1, -0.05) is 12.1 Å². The van der Waals surface area contributed by atoms with Gasteiger partial charge in [0.25, 0.3) is 0 Å². The molecule has 0 atom stereocenters. The number of rotatable bonds is 4. The Morgan fingerprint density at radius 3 is 3.00 bits per heavy atom. The van der Waals surface area contributed by atoms with E-state index in [1.54, 1.807) is 18.4 Å². The summed E-state index contributed by atoms with van der Waals surface area (Å²) < 4.78 is 5.26. The van der Waals surface area contributed by atoms with Crippen LogP contribution >= 0.6 is 11.3 Å². The second kappa shape index (κ2) is 4.98. The Labute approximate surface area is 111 Å². The summed E-state index contributed by atoms with van der Waals surface area (Å²) in [7, 11) is 1.71. The van der Waals surface area contributed by atoms with Crippen LogP contribution in [0.5, 0.6) is 5.75 Å². The monoisotopic (exact) mass is 260 g/mol. The van der Waals surface area contributed by atoms with Crippen LogP contribution in [0.1, 0.15) is 24.3 Å². The molecule has 1 aromatic heterocycles. The zero-order chi connectivity index (χ0) is 12.4. The van der Waals surface area contributed by atoms with Crippen molar-refractivity contribution in [2.24, 2.45) is 0 Å². The zero-order valence-corrected chi connectivity index (χ0v) is 11.1. The van der Waals surface area contributed by atoms with Crippen molar-refractivity contribution < 1.29 is 4.74 Å². The second-order valence-electron chi connectivity index (χ2n) is 4.62. The van der Waals surface area contributed by atoms with Crippen LogP contribution in [0, 0.1) is 0 Å². The molecule has 1 heterocycles. The van der Waals surface area contributed by atoms with Gasteiger partial charge in [0.05, 0.1) is 7.11 Å². The first kappa shape index (κ1) is 11.5. The van der Waals surface area contributed by atoms with Gasteiger partial charge in [0.1, 0.15) is 5.75 Å². The number of nitrogens with one attached hydrogen (secondary N) is 1. The maximum atomic E-state index is 5.26. The summed E-state index contributed by atoms with van der Waals surface area (Å²) in [6, 6.07) is 8.95. The highest BCUT2D eigenvalue weighted by molar-refractivity contribution is 7.13. The number of benzene rings is 1. The molecule has 1 saturated carbocycles. The predicted octanol–water partition coefficient (Wildman–Crippen LogP) is 3.51. The van der Waals surface area contributed by atoms with Gasteiger partial charge in [0.15, 0.2) is 5.13 Å². The number of hydrogen-bond acceptors (Lipinski definition) is 4. The fraction of sp³-hybridized carbons (Fsp3) is 0.357. The normalized spacial score (nSPS) is 22.3. The number of hydrogen-bond donors (Lipinski definition) is 1. The molecule has 18 heavy (non-hydrogen) atoms. The van der Waals surface area contributed by atoms with E-state index in [1.165, 1.54) is 18.4 Å². The molecule has 1 aliphatic carbocycles. The van der Waals surface area contributed by atoms with Gasteiger partial charge in [0.2, 0.25) is 0 Å². The van der Waals surface area contributed by atoms with Gasteiger partial charge < -0.3 is 10.1 Å². The molecule has 1 aliphatic rings. The average molecular weight is 260 g/mol. The van der Waals surface area contributed by atoms with Gasteiger partial charge in [-0.25, -0.2) is 4.98 Å². The topological polar surface area (TPSA) is 34.1 Å². The van der Waals surface area contributed by atoms with Crippen molar-refractivity contribution in [3.05, 3.63) is 41.4 Å². The molecule has 1 aromatic carbocycles. The molecule has 0 amide bonds. The van der Waals surface area contributed by atoms with Crippen LogP contribution in [0.15, 0.2) is 35.8 Å². The van der Waals surface area contributed by atoms with Crippen LogP contribution in [0.4, 0.5) is 5.13 Å². The Hall–Kier alpha value is -1.55. The van der Waals surface area contributed by atoms with E-state index in [0.29, 0.717) is 12.0 Å². The SMILES string of the molecule is COc1cccc(C2CC(Nc3nccs3)C2)c1. The molecular weight excluding hydrogens is 244 g/mol. The highest BCUT2D eigenvalue weighted by Crippen LogP contribution is 2.39. The Bertz CT molecular complexity index is 506. The second-order valence-corrected chi connectivity index (χ2v) is 5.52. The first-order chi connectivity index (χ1) is 8.85. The van der Waals surface area contributed by atoms with E-state index >= 15 is 0 Å². The molecule has 2 aromatic rings.